The van der Waals surface area contributed by atoms with E-state index in [9.17, 15) is 4.79 Å². The minimum absolute atomic E-state index is 0.0510. The fourth-order valence-electron chi connectivity index (χ4n) is 2.70. The number of thiophene rings is 2. The lowest BCUT2D eigenvalue weighted by molar-refractivity contribution is -0.130. The summed E-state index contributed by atoms with van der Waals surface area (Å²) < 4.78 is 5.53. The van der Waals surface area contributed by atoms with Gasteiger partial charge in [-0.25, -0.2) is 5.01 Å². The van der Waals surface area contributed by atoms with Crippen molar-refractivity contribution in [2.75, 3.05) is 12.0 Å². The molecule has 3 aromatic rings. The first-order valence-electron chi connectivity index (χ1n) is 8.15. The van der Waals surface area contributed by atoms with Gasteiger partial charge in [-0.15, -0.1) is 32.9 Å². The van der Waals surface area contributed by atoms with E-state index in [1.54, 1.807) is 39.4 Å². The maximum absolute atomic E-state index is 12.9. The summed E-state index contributed by atoms with van der Waals surface area (Å²) in [7, 11) is 0. The SMILES string of the molecule is CSCc1nnc(SCC(=O)N2N=C(c3cccs3)CC2c2cccs2)o1. The van der Waals surface area contributed by atoms with Crippen LogP contribution in [0.1, 0.15) is 28.1 Å². The van der Waals surface area contributed by atoms with Gasteiger partial charge in [0.25, 0.3) is 11.1 Å². The monoisotopic (exact) mass is 436 g/mol. The number of carbonyl (C=O) groups excluding carboxylic acids is 1. The average Bonchev–Trinajstić information content (AvgIpc) is 3.47. The van der Waals surface area contributed by atoms with Crippen molar-refractivity contribution in [3.63, 3.8) is 0 Å². The molecule has 1 unspecified atom stereocenters. The second kappa shape index (κ2) is 8.59. The molecule has 1 aliphatic rings. The third kappa shape index (κ3) is 4.29. The Hall–Kier alpha value is -1.62. The van der Waals surface area contributed by atoms with Gasteiger partial charge >= 0.3 is 0 Å². The summed E-state index contributed by atoms with van der Waals surface area (Å²) in [6.45, 7) is 0. The van der Waals surface area contributed by atoms with Gasteiger partial charge in [-0.05, 0) is 29.1 Å². The van der Waals surface area contributed by atoms with Gasteiger partial charge in [0.2, 0.25) is 5.89 Å². The number of hydrogen-bond donors (Lipinski definition) is 0. The van der Waals surface area contributed by atoms with E-state index in [-0.39, 0.29) is 17.7 Å². The molecule has 0 spiro atoms. The molecule has 0 N–H and O–H groups in total. The molecule has 27 heavy (non-hydrogen) atoms. The summed E-state index contributed by atoms with van der Waals surface area (Å²) in [6.07, 6.45) is 2.71. The van der Waals surface area contributed by atoms with Crippen molar-refractivity contribution >= 4 is 57.8 Å². The Kier molecular flexibility index (Phi) is 5.96. The van der Waals surface area contributed by atoms with E-state index < -0.39 is 0 Å². The summed E-state index contributed by atoms with van der Waals surface area (Å²) >= 11 is 6.17. The lowest BCUT2D eigenvalue weighted by atomic mass is 10.1. The van der Waals surface area contributed by atoms with Crippen molar-refractivity contribution in [3.05, 3.63) is 50.7 Å². The molecule has 0 aliphatic carbocycles. The molecule has 0 saturated heterocycles. The molecule has 1 aliphatic heterocycles. The molecule has 0 saturated carbocycles. The third-order valence-electron chi connectivity index (χ3n) is 3.88. The van der Waals surface area contributed by atoms with Gasteiger partial charge in [0.1, 0.15) is 0 Å². The molecule has 0 bridgehead atoms. The van der Waals surface area contributed by atoms with Crippen molar-refractivity contribution in [1.29, 1.82) is 0 Å². The van der Waals surface area contributed by atoms with E-state index in [1.165, 1.54) is 11.8 Å². The van der Waals surface area contributed by atoms with Gasteiger partial charge in [0.15, 0.2) is 0 Å². The normalized spacial score (nSPS) is 16.7. The first-order valence-corrected chi connectivity index (χ1v) is 12.3. The maximum atomic E-state index is 12.9. The van der Waals surface area contributed by atoms with Crippen molar-refractivity contribution in [2.45, 2.75) is 23.4 Å². The highest BCUT2D eigenvalue weighted by Gasteiger charge is 2.34. The molecule has 140 valence electrons. The highest BCUT2D eigenvalue weighted by Crippen LogP contribution is 2.36. The topological polar surface area (TPSA) is 71.6 Å². The Balaban J connectivity index is 1.48. The lowest BCUT2D eigenvalue weighted by Gasteiger charge is -2.20. The number of aromatic nitrogens is 2. The molecule has 1 amide bonds. The second-order valence-electron chi connectivity index (χ2n) is 5.68. The zero-order valence-electron chi connectivity index (χ0n) is 14.4. The lowest BCUT2D eigenvalue weighted by Crippen LogP contribution is -2.28. The van der Waals surface area contributed by atoms with Gasteiger partial charge in [0, 0.05) is 11.3 Å². The summed E-state index contributed by atoms with van der Waals surface area (Å²) in [5.41, 5.74) is 0.960. The zero-order chi connectivity index (χ0) is 18.6. The highest BCUT2D eigenvalue weighted by atomic mass is 32.2. The van der Waals surface area contributed by atoms with Crippen LogP contribution in [0.2, 0.25) is 0 Å². The van der Waals surface area contributed by atoms with Gasteiger partial charge in [-0.2, -0.15) is 16.9 Å². The molecule has 0 aromatic carbocycles. The third-order valence-corrected chi connectivity index (χ3v) is 7.11. The van der Waals surface area contributed by atoms with Crippen molar-refractivity contribution in [1.82, 2.24) is 15.2 Å². The van der Waals surface area contributed by atoms with E-state index in [0.717, 1.165) is 21.9 Å². The predicted octanol–water partition coefficient (Wildman–Crippen LogP) is 4.53. The van der Waals surface area contributed by atoms with E-state index in [2.05, 4.69) is 21.4 Å². The van der Waals surface area contributed by atoms with Crippen LogP contribution >= 0.6 is 46.2 Å². The summed E-state index contributed by atoms with van der Waals surface area (Å²) in [6, 6.07) is 8.06. The highest BCUT2D eigenvalue weighted by molar-refractivity contribution is 7.99. The smallest absolute Gasteiger partial charge is 0.277 e. The largest absolute Gasteiger partial charge is 0.415 e. The first kappa shape index (κ1) is 18.7. The van der Waals surface area contributed by atoms with E-state index in [1.807, 2.05) is 35.2 Å². The minimum Gasteiger partial charge on any atom is -0.415 e. The van der Waals surface area contributed by atoms with Crippen molar-refractivity contribution in [3.8, 4) is 0 Å². The number of carbonyl (C=O) groups is 1. The molecule has 4 heterocycles. The molecule has 1 atom stereocenters. The van der Waals surface area contributed by atoms with Crippen LogP contribution in [0.4, 0.5) is 0 Å². The minimum atomic E-state index is -0.0606. The van der Waals surface area contributed by atoms with E-state index >= 15 is 0 Å². The molecular weight excluding hydrogens is 420 g/mol. The van der Waals surface area contributed by atoms with Crippen LogP contribution < -0.4 is 0 Å². The zero-order valence-corrected chi connectivity index (χ0v) is 17.7. The maximum Gasteiger partial charge on any atom is 0.277 e. The quantitative estimate of drug-likeness (QED) is 0.507. The van der Waals surface area contributed by atoms with Gasteiger partial charge in [0.05, 0.1) is 28.1 Å². The Labute approximate surface area is 173 Å². The molecule has 6 nitrogen and oxygen atoms in total. The number of thioether (sulfide) groups is 2. The van der Waals surface area contributed by atoms with Gasteiger partial charge < -0.3 is 4.42 Å². The Bertz CT molecular complexity index is 921. The van der Waals surface area contributed by atoms with Crippen LogP contribution in [-0.4, -0.2) is 38.8 Å². The fraction of sp³-hybridized carbons (Fsp3) is 0.294. The number of nitrogens with zero attached hydrogens (tertiary/aromatic N) is 4. The van der Waals surface area contributed by atoms with Crippen LogP contribution in [0.15, 0.2) is 49.8 Å². The summed E-state index contributed by atoms with van der Waals surface area (Å²) in [5, 5.41) is 18.7. The van der Waals surface area contributed by atoms with Crippen LogP contribution in [-0.2, 0) is 10.5 Å². The summed E-state index contributed by atoms with van der Waals surface area (Å²) in [5.74, 6) is 1.40. The number of rotatable bonds is 7. The van der Waals surface area contributed by atoms with Crippen molar-refractivity contribution in [2.24, 2.45) is 5.10 Å². The standard InChI is InChI=1S/C17H16N4O2S4/c1-24-9-15-18-19-17(23-15)27-10-16(22)21-12(14-5-3-7-26-14)8-11(20-21)13-4-2-6-25-13/h2-7,12H,8-10H2,1H3. The van der Waals surface area contributed by atoms with E-state index in [4.69, 9.17) is 4.42 Å². The molecule has 10 heteroatoms. The summed E-state index contributed by atoms with van der Waals surface area (Å²) in [4.78, 5) is 15.1. The van der Waals surface area contributed by atoms with E-state index in [0.29, 0.717) is 16.9 Å². The first-order chi connectivity index (χ1) is 13.2. The fourth-order valence-corrected chi connectivity index (χ4v) is 5.23. The molecule has 0 fully saturated rings. The molecule has 0 radical (unpaired) electrons. The Morgan fingerprint density at radius 3 is 2.89 bits per heavy atom. The molecular formula is C17H16N4O2S4. The van der Waals surface area contributed by atoms with Crippen LogP contribution in [0, 0.1) is 0 Å². The van der Waals surface area contributed by atoms with Crippen LogP contribution in [0.5, 0.6) is 0 Å². The second-order valence-corrected chi connectivity index (χ2v) is 9.40. The van der Waals surface area contributed by atoms with Crippen LogP contribution in [0.3, 0.4) is 0 Å². The van der Waals surface area contributed by atoms with Crippen molar-refractivity contribution < 1.29 is 9.21 Å². The Morgan fingerprint density at radius 2 is 2.15 bits per heavy atom. The number of hydrogen-bond acceptors (Lipinski definition) is 9. The number of amides is 1. The van der Waals surface area contributed by atoms with Gasteiger partial charge in [-0.3, -0.25) is 4.79 Å². The van der Waals surface area contributed by atoms with Crippen LogP contribution in [0.25, 0.3) is 0 Å². The van der Waals surface area contributed by atoms with Gasteiger partial charge in [-0.1, -0.05) is 23.9 Å². The predicted molar refractivity (Wildman–Crippen MR) is 112 cm³/mol. The Morgan fingerprint density at radius 1 is 1.30 bits per heavy atom. The average molecular weight is 437 g/mol. The number of hydrazone groups is 1. The molecule has 3 aromatic heterocycles. The molecule has 4 rings (SSSR count).